The fraction of sp³-hybridized carbons (Fsp3) is 0.400. The first-order chi connectivity index (χ1) is 9.29. The Hall–Kier alpha value is -1.65. The molecule has 0 radical (unpaired) electrons. The number of carbonyl (C=O) groups is 1. The monoisotopic (exact) mass is 260 g/mol. The summed E-state index contributed by atoms with van der Waals surface area (Å²) in [6.07, 6.45) is 1.68. The van der Waals surface area contributed by atoms with Crippen molar-refractivity contribution in [1.82, 2.24) is 10.2 Å². The number of nitrogens with one attached hydrogen (secondary N) is 1. The Morgan fingerprint density at radius 3 is 2.95 bits per heavy atom. The molecule has 1 aliphatic rings. The lowest BCUT2D eigenvalue weighted by Gasteiger charge is -2.26. The molecule has 4 heteroatoms. The molecule has 4 nitrogen and oxygen atoms in total. The van der Waals surface area contributed by atoms with Gasteiger partial charge in [0.2, 0.25) is 0 Å². The number of hydrogen-bond acceptors (Lipinski definition) is 3. The molecule has 1 aromatic rings. The van der Waals surface area contributed by atoms with Gasteiger partial charge in [0, 0.05) is 31.7 Å². The van der Waals surface area contributed by atoms with E-state index in [1.54, 1.807) is 6.08 Å². The molecule has 1 heterocycles. The molecule has 1 N–H and O–H groups in total. The van der Waals surface area contributed by atoms with Crippen LogP contribution < -0.4 is 5.32 Å². The Bertz CT molecular complexity index is 440. The van der Waals surface area contributed by atoms with Gasteiger partial charge in [-0.25, -0.2) is 0 Å². The third kappa shape index (κ3) is 4.19. The average molecular weight is 260 g/mol. The molecular formula is C15H20N2O2. The van der Waals surface area contributed by atoms with Crippen LogP contribution in [0.15, 0.2) is 36.9 Å². The van der Waals surface area contributed by atoms with Gasteiger partial charge in [0.05, 0.1) is 13.2 Å². The highest BCUT2D eigenvalue weighted by molar-refractivity contribution is 5.94. The van der Waals surface area contributed by atoms with E-state index in [4.69, 9.17) is 4.74 Å². The van der Waals surface area contributed by atoms with Crippen LogP contribution in [0.1, 0.15) is 15.9 Å². The fourth-order valence-corrected chi connectivity index (χ4v) is 2.10. The smallest absolute Gasteiger partial charge is 0.251 e. The molecule has 0 saturated carbocycles. The van der Waals surface area contributed by atoms with Crippen molar-refractivity contribution in [2.45, 2.75) is 6.54 Å². The molecule has 1 aliphatic heterocycles. The molecule has 19 heavy (non-hydrogen) atoms. The molecular weight excluding hydrogens is 240 g/mol. The van der Waals surface area contributed by atoms with E-state index in [9.17, 15) is 4.79 Å². The molecule has 0 atom stereocenters. The molecule has 0 unspecified atom stereocenters. The van der Waals surface area contributed by atoms with Crippen molar-refractivity contribution >= 4 is 5.91 Å². The lowest BCUT2D eigenvalue weighted by atomic mass is 10.1. The second-order valence-electron chi connectivity index (χ2n) is 4.59. The standard InChI is InChI=1S/C15H20N2O2/c1-2-6-16-15(18)14-5-3-4-13(11-14)12-17-7-9-19-10-8-17/h2-5,11H,1,6-10,12H2,(H,16,18). The summed E-state index contributed by atoms with van der Waals surface area (Å²) in [5.74, 6) is -0.0521. The Balaban J connectivity index is 1.97. The lowest BCUT2D eigenvalue weighted by Crippen LogP contribution is -2.35. The number of nitrogens with zero attached hydrogens (tertiary/aromatic N) is 1. The topological polar surface area (TPSA) is 41.6 Å². The molecule has 0 aliphatic carbocycles. The van der Waals surface area contributed by atoms with Gasteiger partial charge in [-0.3, -0.25) is 9.69 Å². The number of carbonyl (C=O) groups excluding carboxylic acids is 1. The Morgan fingerprint density at radius 1 is 1.42 bits per heavy atom. The lowest BCUT2D eigenvalue weighted by molar-refractivity contribution is 0.0342. The minimum atomic E-state index is -0.0521. The zero-order chi connectivity index (χ0) is 13.5. The predicted molar refractivity (Wildman–Crippen MR) is 75.1 cm³/mol. The van der Waals surface area contributed by atoms with Crippen LogP contribution in [0.2, 0.25) is 0 Å². The minimum absolute atomic E-state index is 0.0521. The van der Waals surface area contributed by atoms with Crippen molar-refractivity contribution in [2.24, 2.45) is 0 Å². The molecule has 1 amide bonds. The van der Waals surface area contributed by atoms with Crippen LogP contribution in [0.4, 0.5) is 0 Å². The number of rotatable bonds is 5. The summed E-state index contributed by atoms with van der Waals surface area (Å²) < 4.78 is 5.33. The number of hydrogen-bond donors (Lipinski definition) is 1. The zero-order valence-corrected chi connectivity index (χ0v) is 11.1. The van der Waals surface area contributed by atoms with Gasteiger partial charge < -0.3 is 10.1 Å². The largest absolute Gasteiger partial charge is 0.379 e. The summed E-state index contributed by atoms with van der Waals surface area (Å²) in [6, 6.07) is 7.77. The van der Waals surface area contributed by atoms with Crippen molar-refractivity contribution in [2.75, 3.05) is 32.8 Å². The zero-order valence-electron chi connectivity index (χ0n) is 11.1. The third-order valence-corrected chi connectivity index (χ3v) is 3.11. The summed E-state index contributed by atoms with van der Waals surface area (Å²) in [6.45, 7) is 8.43. The van der Waals surface area contributed by atoms with Crippen molar-refractivity contribution in [3.05, 3.63) is 48.0 Å². The Kier molecular flexibility index (Phi) is 5.12. The molecule has 1 aromatic carbocycles. The molecule has 2 rings (SSSR count). The average Bonchev–Trinajstić information content (AvgIpc) is 2.46. The maximum absolute atomic E-state index is 11.9. The first-order valence-corrected chi connectivity index (χ1v) is 6.58. The van der Waals surface area contributed by atoms with E-state index in [1.165, 1.54) is 0 Å². The second-order valence-corrected chi connectivity index (χ2v) is 4.59. The van der Waals surface area contributed by atoms with Crippen molar-refractivity contribution in [3.8, 4) is 0 Å². The van der Waals surface area contributed by atoms with E-state index < -0.39 is 0 Å². The van der Waals surface area contributed by atoms with Crippen LogP contribution in [0.25, 0.3) is 0 Å². The molecule has 1 saturated heterocycles. The molecule has 102 valence electrons. The van der Waals surface area contributed by atoms with Gasteiger partial charge in [0.15, 0.2) is 0 Å². The van der Waals surface area contributed by atoms with Gasteiger partial charge in [0.1, 0.15) is 0 Å². The maximum atomic E-state index is 11.9. The minimum Gasteiger partial charge on any atom is -0.379 e. The van der Waals surface area contributed by atoms with Crippen LogP contribution in [0, 0.1) is 0 Å². The highest BCUT2D eigenvalue weighted by Crippen LogP contribution is 2.10. The van der Waals surface area contributed by atoms with Crippen LogP contribution in [-0.4, -0.2) is 43.7 Å². The first-order valence-electron chi connectivity index (χ1n) is 6.58. The molecule has 0 bridgehead atoms. The Labute approximate surface area is 114 Å². The third-order valence-electron chi connectivity index (χ3n) is 3.11. The normalized spacial score (nSPS) is 16.0. The number of amides is 1. The van der Waals surface area contributed by atoms with Crippen molar-refractivity contribution < 1.29 is 9.53 Å². The van der Waals surface area contributed by atoms with Gasteiger partial charge in [-0.05, 0) is 17.7 Å². The van der Waals surface area contributed by atoms with Gasteiger partial charge in [-0.15, -0.1) is 6.58 Å². The summed E-state index contributed by atoms with van der Waals surface area (Å²) >= 11 is 0. The summed E-state index contributed by atoms with van der Waals surface area (Å²) in [7, 11) is 0. The van der Waals surface area contributed by atoms with Gasteiger partial charge in [0.25, 0.3) is 5.91 Å². The highest BCUT2D eigenvalue weighted by atomic mass is 16.5. The van der Waals surface area contributed by atoms with E-state index >= 15 is 0 Å². The van der Waals surface area contributed by atoms with E-state index in [1.807, 2.05) is 18.2 Å². The van der Waals surface area contributed by atoms with E-state index in [0.717, 1.165) is 38.4 Å². The van der Waals surface area contributed by atoms with Crippen molar-refractivity contribution in [3.63, 3.8) is 0 Å². The summed E-state index contributed by atoms with van der Waals surface area (Å²) in [4.78, 5) is 14.2. The van der Waals surface area contributed by atoms with Gasteiger partial charge >= 0.3 is 0 Å². The van der Waals surface area contributed by atoms with Crippen LogP contribution in [0.3, 0.4) is 0 Å². The predicted octanol–water partition coefficient (Wildman–Crippen LogP) is 1.43. The van der Waals surface area contributed by atoms with E-state index in [2.05, 4.69) is 22.9 Å². The Morgan fingerprint density at radius 2 is 2.21 bits per heavy atom. The van der Waals surface area contributed by atoms with Crippen LogP contribution in [0.5, 0.6) is 0 Å². The van der Waals surface area contributed by atoms with Gasteiger partial charge in [-0.2, -0.15) is 0 Å². The molecule has 0 spiro atoms. The van der Waals surface area contributed by atoms with Crippen LogP contribution >= 0.6 is 0 Å². The number of ether oxygens (including phenoxy) is 1. The van der Waals surface area contributed by atoms with Crippen molar-refractivity contribution in [1.29, 1.82) is 0 Å². The highest BCUT2D eigenvalue weighted by Gasteiger charge is 2.11. The fourth-order valence-electron chi connectivity index (χ4n) is 2.10. The second kappa shape index (κ2) is 7.07. The number of benzene rings is 1. The summed E-state index contributed by atoms with van der Waals surface area (Å²) in [5, 5.41) is 2.79. The van der Waals surface area contributed by atoms with E-state index in [0.29, 0.717) is 12.1 Å². The molecule has 1 fully saturated rings. The van der Waals surface area contributed by atoms with Crippen LogP contribution in [-0.2, 0) is 11.3 Å². The van der Waals surface area contributed by atoms with E-state index in [-0.39, 0.29) is 5.91 Å². The summed E-state index contributed by atoms with van der Waals surface area (Å²) in [5.41, 5.74) is 1.86. The number of morpholine rings is 1. The quantitative estimate of drug-likeness (QED) is 0.814. The first kappa shape index (κ1) is 13.8. The van der Waals surface area contributed by atoms with Gasteiger partial charge in [-0.1, -0.05) is 18.2 Å². The maximum Gasteiger partial charge on any atom is 0.251 e. The molecule has 0 aromatic heterocycles. The SMILES string of the molecule is C=CCNC(=O)c1cccc(CN2CCOCC2)c1.